The third-order valence-corrected chi connectivity index (χ3v) is 3.81. The molecule has 0 amide bonds. The van der Waals surface area contributed by atoms with Crippen LogP contribution in [-0.2, 0) is 14.1 Å². The highest BCUT2D eigenvalue weighted by Crippen LogP contribution is 2.34. The lowest BCUT2D eigenvalue weighted by molar-refractivity contribution is -0.696. The highest BCUT2D eigenvalue weighted by atomic mass is 35.5. The van der Waals surface area contributed by atoms with Crippen molar-refractivity contribution in [3.05, 3.63) is 45.6 Å². The molecular formula is C17H21ClN2O4. The van der Waals surface area contributed by atoms with Gasteiger partial charge in [-0.1, -0.05) is 0 Å². The van der Waals surface area contributed by atoms with Crippen molar-refractivity contribution in [1.82, 2.24) is 4.57 Å². The van der Waals surface area contributed by atoms with Crippen LogP contribution < -0.4 is 32.1 Å². The van der Waals surface area contributed by atoms with Crippen LogP contribution in [0.3, 0.4) is 0 Å². The lowest BCUT2D eigenvalue weighted by Crippen LogP contribution is -3.00. The monoisotopic (exact) mass is 352 g/mol. The standard InChI is InChI=1S/C17H20N2O4.ClH/c1-11-8-13(19(3)17(21)18(11)2)7-6-12-9-14(20)16(23-5)10-15(12)22-4;/h6-10H,1-5H3;1H/b7-6+;. The summed E-state index contributed by atoms with van der Waals surface area (Å²) in [5, 5.41) is 9.91. The summed E-state index contributed by atoms with van der Waals surface area (Å²) in [5.41, 5.74) is 2.19. The zero-order valence-electron chi connectivity index (χ0n) is 14.3. The Labute approximate surface area is 147 Å². The molecule has 0 aliphatic rings. The predicted molar refractivity (Wildman–Crippen MR) is 87.7 cm³/mol. The number of hydrogen-bond donors (Lipinski definition) is 1. The van der Waals surface area contributed by atoms with E-state index in [-0.39, 0.29) is 23.8 Å². The van der Waals surface area contributed by atoms with E-state index >= 15 is 0 Å². The first-order valence-electron chi connectivity index (χ1n) is 7.08. The van der Waals surface area contributed by atoms with Gasteiger partial charge in [0.25, 0.3) is 0 Å². The number of rotatable bonds is 4. The number of hydrogen-bond acceptors (Lipinski definition) is 4. The van der Waals surface area contributed by atoms with Gasteiger partial charge in [0.2, 0.25) is 0 Å². The van der Waals surface area contributed by atoms with Crippen LogP contribution in [0.15, 0.2) is 23.0 Å². The van der Waals surface area contributed by atoms with Crippen LogP contribution in [0.2, 0.25) is 0 Å². The highest BCUT2D eigenvalue weighted by molar-refractivity contribution is 5.73. The molecule has 0 bridgehead atoms. The quantitative estimate of drug-likeness (QED) is 0.674. The van der Waals surface area contributed by atoms with Gasteiger partial charge in [-0.25, -0.2) is 0 Å². The van der Waals surface area contributed by atoms with Crippen molar-refractivity contribution in [1.29, 1.82) is 0 Å². The van der Waals surface area contributed by atoms with Gasteiger partial charge in [-0.3, -0.25) is 0 Å². The summed E-state index contributed by atoms with van der Waals surface area (Å²) in [6.45, 7) is 1.87. The molecule has 0 aliphatic heterocycles. The van der Waals surface area contributed by atoms with Gasteiger partial charge in [0.15, 0.2) is 11.5 Å². The molecule has 6 nitrogen and oxygen atoms in total. The second kappa shape index (κ2) is 7.88. The number of nitrogens with zero attached hydrogens (tertiary/aromatic N) is 2. The lowest BCUT2D eigenvalue weighted by Gasteiger charge is -2.09. The number of halogens is 1. The third kappa shape index (κ3) is 3.71. The van der Waals surface area contributed by atoms with Crippen molar-refractivity contribution in [3.63, 3.8) is 0 Å². The molecule has 1 heterocycles. The Balaban J connectivity index is 0.00000288. The van der Waals surface area contributed by atoms with Gasteiger partial charge in [-0.15, -0.1) is 0 Å². The van der Waals surface area contributed by atoms with Crippen molar-refractivity contribution in [2.45, 2.75) is 6.92 Å². The highest BCUT2D eigenvalue weighted by Gasteiger charge is 2.12. The van der Waals surface area contributed by atoms with Gasteiger partial charge in [0, 0.05) is 17.7 Å². The fourth-order valence-electron chi connectivity index (χ4n) is 2.27. The van der Waals surface area contributed by atoms with Crippen LogP contribution in [0.4, 0.5) is 0 Å². The molecule has 130 valence electrons. The van der Waals surface area contributed by atoms with Crippen molar-refractivity contribution >= 4 is 12.2 Å². The summed E-state index contributed by atoms with van der Waals surface area (Å²) in [4.78, 5) is 12.1. The SMILES string of the molecule is COc1cc(OC)c(/C=C/c2cc(C)[n+](C)c(=O)n2C)cc1O.[Cl-]. The average Bonchev–Trinajstić information content (AvgIpc) is 2.55. The summed E-state index contributed by atoms with van der Waals surface area (Å²) in [5.74, 6) is 0.936. The van der Waals surface area contributed by atoms with Crippen LogP contribution in [0.1, 0.15) is 17.0 Å². The predicted octanol–water partition coefficient (Wildman–Crippen LogP) is -1.58. The summed E-state index contributed by atoms with van der Waals surface area (Å²) in [6, 6.07) is 5.08. The molecule has 1 N–H and O–H groups in total. The Kier molecular flexibility index (Phi) is 6.42. The maximum Gasteiger partial charge on any atom is 0.498 e. The molecule has 24 heavy (non-hydrogen) atoms. The minimum absolute atomic E-state index is 0. The molecule has 1 aromatic carbocycles. The zero-order valence-corrected chi connectivity index (χ0v) is 15.1. The normalized spacial score (nSPS) is 10.5. The number of methoxy groups -OCH3 is 2. The van der Waals surface area contributed by atoms with Crippen LogP contribution in [-0.4, -0.2) is 23.9 Å². The van der Waals surface area contributed by atoms with Gasteiger partial charge in [0.1, 0.15) is 17.1 Å². The Bertz CT molecular complexity index is 828. The van der Waals surface area contributed by atoms with E-state index in [1.807, 2.05) is 13.0 Å². The molecule has 0 spiro atoms. The Morgan fingerprint density at radius 1 is 1.12 bits per heavy atom. The topological polar surface area (TPSA) is 64.6 Å². The zero-order chi connectivity index (χ0) is 17.1. The number of phenolic OH excluding ortho intramolecular Hbond substituents is 1. The Morgan fingerprint density at radius 2 is 1.75 bits per heavy atom. The molecule has 1 aromatic heterocycles. The van der Waals surface area contributed by atoms with Crippen LogP contribution in [0.25, 0.3) is 12.2 Å². The van der Waals surface area contributed by atoms with E-state index in [1.165, 1.54) is 7.11 Å². The van der Waals surface area contributed by atoms with E-state index in [0.29, 0.717) is 17.1 Å². The first-order chi connectivity index (χ1) is 10.9. The Morgan fingerprint density at radius 3 is 2.33 bits per heavy atom. The molecule has 0 fully saturated rings. The van der Waals surface area contributed by atoms with E-state index < -0.39 is 0 Å². The van der Waals surface area contributed by atoms with Gasteiger partial charge >= 0.3 is 5.69 Å². The third-order valence-electron chi connectivity index (χ3n) is 3.81. The number of ether oxygens (including phenoxy) is 2. The number of aryl methyl sites for hydroxylation is 1. The second-order valence-corrected chi connectivity index (χ2v) is 5.21. The molecule has 2 rings (SSSR count). The molecule has 0 radical (unpaired) electrons. The number of aromatic nitrogens is 2. The fourth-order valence-corrected chi connectivity index (χ4v) is 2.27. The first-order valence-corrected chi connectivity index (χ1v) is 7.08. The summed E-state index contributed by atoms with van der Waals surface area (Å²) < 4.78 is 13.5. The van der Waals surface area contributed by atoms with E-state index in [0.717, 1.165) is 11.4 Å². The molecule has 7 heteroatoms. The second-order valence-electron chi connectivity index (χ2n) is 5.21. The maximum absolute atomic E-state index is 12.1. The van der Waals surface area contributed by atoms with Crippen molar-refractivity contribution < 1.29 is 31.6 Å². The summed E-state index contributed by atoms with van der Waals surface area (Å²) in [7, 11) is 6.47. The number of phenols is 1. The molecular weight excluding hydrogens is 332 g/mol. The van der Waals surface area contributed by atoms with Gasteiger partial charge < -0.3 is 27.0 Å². The van der Waals surface area contributed by atoms with Crippen molar-refractivity contribution in [2.75, 3.05) is 14.2 Å². The van der Waals surface area contributed by atoms with E-state index in [9.17, 15) is 9.90 Å². The van der Waals surface area contributed by atoms with Gasteiger partial charge in [-0.2, -0.15) is 13.9 Å². The van der Waals surface area contributed by atoms with Crippen molar-refractivity contribution in [3.8, 4) is 17.2 Å². The van der Waals surface area contributed by atoms with E-state index in [1.54, 1.807) is 54.6 Å². The number of benzene rings is 1. The number of aromatic hydroxyl groups is 1. The van der Waals surface area contributed by atoms with Crippen LogP contribution >= 0.6 is 0 Å². The first kappa shape index (κ1) is 19.6. The molecule has 0 aliphatic carbocycles. The molecule has 0 atom stereocenters. The largest absolute Gasteiger partial charge is 1.00 e. The minimum Gasteiger partial charge on any atom is -1.00 e. The van der Waals surface area contributed by atoms with Gasteiger partial charge in [-0.05, 0) is 25.1 Å². The van der Waals surface area contributed by atoms with Crippen LogP contribution in [0.5, 0.6) is 17.2 Å². The minimum atomic E-state index is -0.103. The maximum atomic E-state index is 12.1. The van der Waals surface area contributed by atoms with E-state index in [4.69, 9.17) is 9.47 Å². The molecule has 0 saturated carbocycles. The van der Waals surface area contributed by atoms with Crippen molar-refractivity contribution in [2.24, 2.45) is 14.1 Å². The fraction of sp³-hybridized carbons (Fsp3) is 0.294. The summed E-state index contributed by atoms with van der Waals surface area (Å²) in [6.07, 6.45) is 3.59. The Hall–Kier alpha value is -2.47. The molecule has 0 saturated heterocycles. The average molecular weight is 353 g/mol. The van der Waals surface area contributed by atoms with Gasteiger partial charge in [0.05, 0.1) is 28.3 Å². The lowest BCUT2D eigenvalue weighted by atomic mass is 10.1. The summed E-state index contributed by atoms with van der Waals surface area (Å²) >= 11 is 0. The molecule has 2 aromatic rings. The van der Waals surface area contributed by atoms with Crippen LogP contribution in [0, 0.1) is 6.92 Å². The van der Waals surface area contributed by atoms with E-state index in [2.05, 4.69) is 0 Å². The smallest absolute Gasteiger partial charge is 0.498 e. The molecule has 0 unspecified atom stereocenters.